The van der Waals surface area contributed by atoms with Crippen LogP contribution in [0.15, 0.2) is 42.5 Å². The van der Waals surface area contributed by atoms with Gasteiger partial charge in [-0.05, 0) is 24.5 Å². The summed E-state index contributed by atoms with van der Waals surface area (Å²) in [7, 11) is 0. The molecule has 0 radical (unpaired) electrons. The molecule has 0 saturated carbocycles. The number of hydrogen-bond acceptors (Lipinski definition) is 3. The Morgan fingerprint density at radius 3 is 2.76 bits per heavy atom. The summed E-state index contributed by atoms with van der Waals surface area (Å²) < 4.78 is 4.95. The number of esters is 1. The van der Waals surface area contributed by atoms with Crippen molar-refractivity contribution in [3.05, 3.63) is 48.0 Å². The first kappa shape index (κ1) is 15.3. The second-order valence-electron chi connectivity index (χ2n) is 5.20. The second kappa shape index (κ2) is 7.07. The number of nitrogens with zero attached hydrogens (tertiary/aromatic N) is 1. The van der Waals surface area contributed by atoms with Crippen molar-refractivity contribution in [2.45, 2.75) is 38.8 Å². The highest BCUT2D eigenvalue weighted by molar-refractivity contribution is 5.80. The quantitative estimate of drug-likeness (QED) is 0.597. The molecule has 1 unspecified atom stereocenters. The topological polar surface area (TPSA) is 46.6 Å². The van der Waals surface area contributed by atoms with Gasteiger partial charge in [0.15, 0.2) is 0 Å². The number of likely N-dealkylation sites (tertiary alicyclic amines) is 1. The van der Waals surface area contributed by atoms with Crippen LogP contribution < -0.4 is 0 Å². The third kappa shape index (κ3) is 3.94. The molecule has 1 atom stereocenters. The molecule has 0 spiro atoms. The fourth-order valence-electron chi connectivity index (χ4n) is 2.65. The maximum absolute atomic E-state index is 12.1. The van der Waals surface area contributed by atoms with E-state index in [0.717, 1.165) is 17.6 Å². The van der Waals surface area contributed by atoms with Crippen LogP contribution in [0.1, 0.15) is 31.7 Å². The third-order valence-corrected chi connectivity index (χ3v) is 3.67. The van der Waals surface area contributed by atoms with Gasteiger partial charge in [0.05, 0.1) is 19.1 Å². The molecule has 0 aliphatic carbocycles. The van der Waals surface area contributed by atoms with Gasteiger partial charge in [-0.15, -0.1) is 0 Å². The van der Waals surface area contributed by atoms with Crippen LogP contribution in [0.4, 0.5) is 0 Å². The van der Waals surface area contributed by atoms with Crippen LogP contribution >= 0.6 is 0 Å². The van der Waals surface area contributed by atoms with Gasteiger partial charge in [-0.25, -0.2) is 0 Å². The van der Waals surface area contributed by atoms with E-state index in [-0.39, 0.29) is 24.3 Å². The Morgan fingerprint density at radius 1 is 1.38 bits per heavy atom. The summed E-state index contributed by atoms with van der Waals surface area (Å²) in [5.74, 6) is -0.157. The molecule has 1 saturated heterocycles. The molecule has 4 heteroatoms. The van der Waals surface area contributed by atoms with E-state index in [9.17, 15) is 9.59 Å². The first-order valence-corrected chi connectivity index (χ1v) is 7.28. The standard InChI is InChI=1S/C17H21NO3/c1-3-21-17(20)11-13(2)15-9-10-16(19)18(15)12-14-7-5-4-6-8-14/h4-8,15H,2-3,9-12H2,1H3. The van der Waals surface area contributed by atoms with Gasteiger partial charge < -0.3 is 9.64 Å². The first-order valence-electron chi connectivity index (χ1n) is 7.28. The van der Waals surface area contributed by atoms with Gasteiger partial charge in [0.2, 0.25) is 5.91 Å². The molecule has 1 fully saturated rings. The minimum absolute atomic E-state index is 0.0675. The third-order valence-electron chi connectivity index (χ3n) is 3.67. The van der Waals surface area contributed by atoms with Crippen LogP contribution in [0.25, 0.3) is 0 Å². The lowest BCUT2D eigenvalue weighted by molar-refractivity contribution is -0.142. The average Bonchev–Trinajstić information content (AvgIpc) is 2.82. The molecule has 1 aliphatic heterocycles. The SMILES string of the molecule is C=C(CC(=O)OCC)C1CCC(=O)N1Cc1ccccc1. The van der Waals surface area contributed by atoms with Gasteiger partial charge in [0.1, 0.15) is 0 Å². The lowest BCUT2D eigenvalue weighted by Crippen LogP contribution is -2.34. The van der Waals surface area contributed by atoms with E-state index in [2.05, 4.69) is 6.58 Å². The second-order valence-corrected chi connectivity index (χ2v) is 5.20. The highest BCUT2D eigenvalue weighted by Gasteiger charge is 2.33. The molecule has 1 aromatic rings. The van der Waals surface area contributed by atoms with Crippen LogP contribution in [-0.4, -0.2) is 29.4 Å². The lowest BCUT2D eigenvalue weighted by atomic mass is 10.0. The largest absolute Gasteiger partial charge is 0.466 e. The Hall–Kier alpha value is -2.10. The molecule has 1 aromatic carbocycles. The Kier molecular flexibility index (Phi) is 5.14. The molecule has 1 aliphatic rings. The van der Waals surface area contributed by atoms with Crippen LogP contribution in [0.5, 0.6) is 0 Å². The van der Waals surface area contributed by atoms with E-state index in [4.69, 9.17) is 4.74 Å². The van der Waals surface area contributed by atoms with Gasteiger partial charge in [-0.3, -0.25) is 9.59 Å². The highest BCUT2D eigenvalue weighted by Crippen LogP contribution is 2.27. The minimum atomic E-state index is -0.276. The van der Waals surface area contributed by atoms with Crippen molar-refractivity contribution in [2.24, 2.45) is 0 Å². The number of hydrogen-bond donors (Lipinski definition) is 0. The van der Waals surface area contributed by atoms with E-state index in [1.165, 1.54) is 0 Å². The number of carbonyl (C=O) groups is 2. The van der Waals surface area contributed by atoms with Crippen molar-refractivity contribution >= 4 is 11.9 Å². The van der Waals surface area contributed by atoms with Crippen molar-refractivity contribution in [3.63, 3.8) is 0 Å². The van der Waals surface area contributed by atoms with Gasteiger partial charge >= 0.3 is 5.97 Å². The molecule has 21 heavy (non-hydrogen) atoms. The van der Waals surface area contributed by atoms with Crippen molar-refractivity contribution in [1.82, 2.24) is 4.90 Å². The molecule has 1 amide bonds. The molecule has 4 nitrogen and oxygen atoms in total. The van der Waals surface area contributed by atoms with Crippen LogP contribution in [-0.2, 0) is 20.9 Å². The van der Waals surface area contributed by atoms with E-state index in [1.54, 1.807) is 6.92 Å². The van der Waals surface area contributed by atoms with Crippen molar-refractivity contribution in [1.29, 1.82) is 0 Å². The Labute approximate surface area is 125 Å². The van der Waals surface area contributed by atoms with Gasteiger partial charge in [0, 0.05) is 13.0 Å². The zero-order chi connectivity index (χ0) is 15.2. The van der Waals surface area contributed by atoms with Crippen molar-refractivity contribution in [2.75, 3.05) is 6.61 Å². The lowest BCUT2D eigenvalue weighted by Gasteiger charge is -2.26. The highest BCUT2D eigenvalue weighted by atomic mass is 16.5. The zero-order valence-corrected chi connectivity index (χ0v) is 12.4. The van der Waals surface area contributed by atoms with E-state index < -0.39 is 0 Å². The van der Waals surface area contributed by atoms with Crippen LogP contribution in [0.2, 0.25) is 0 Å². The van der Waals surface area contributed by atoms with Crippen molar-refractivity contribution in [3.8, 4) is 0 Å². The summed E-state index contributed by atoms with van der Waals surface area (Å²) in [4.78, 5) is 25.5. The van der Waals surface area contributed by atoms with Crippen molar-refractivity contribution < 1.29 is 14.3 Å². The maximum atomic E-state index is 12.1. The molecule has 1 heterocycles. The minimum Gasteiger partial charge on any atom is -0.466 e. The summed E-state index contributed by atoms with van der Waals surface area (Å²) in [6.45, 7) is 6.70. The molecule has 112 valence electrons. The molecule has 0 N–H and O–H groups in total. The molecular weight excluding hydrogens is 266 g/mol. The average molecular weight is 287 g/mol. The number of carbonyl (C=O) groups excluding carboxylic acids is 2. The fraction of sp³-hybridized carbons (Fsp3) is 0.412. The fourth-order valence-corrected chi connectivity index (χ4v) is 2.65. The predicted octanol–water partition coefficient (Wildman–Crippen LogP) is 2.69. The number of ether oxygens (including phenoxy) is 1. The monoisotopic (exact) mass is 287 g/mol. The Bertz CT molecular complexity index is 524. The van der Waals surface area contributed by atoms with Crippen LogP contribution in [0, 0.1) is 0 Å². The summed E-state index contributed by atoms with van der Waals surface area (Å²) in [6.07, 6.45) is 1.42. The van der Waals surface area contributed by atoms with Gasteiger partial charge in [-0.1, -0.05) is 36.9 Å². The van der Waals surface area contributed by atoms with Crippen LogP contribution in [0.3, 0.4) is 0 Å². The molecule has 0 aromatic heterocycles. The summed E-state index contributed by atoms with van der Waals surface area (Å²) in [6, 6.07) is 9.79. The number of benzene rings is 1. The van der Waals surface area contributed by atoms with E-state index in [1.807, 2.05) is 35.2 Å². The molecular formula is C17H21NO3. The number of amides is 1. The van der Waals surface area contributed by atoms with Gasteiger partial charge in [-0.2, -0.15) is 0 Å². The first-order chi connectivity index (χ1) is 10.1. The van der Waals surface area contributed by atoms with E-state index >= 15 is 0 Å². The normalized spacial score (nSPS) is 17.9. The van der Waals surface area contributed by atoms with Gasteiger partial charge in [0.25, 0.3) is 0 Å². The zero-order valence-electron chi connectivity index (χ0n) is 12.4. The predicted molar refractivity (Wildman–Crippen MR) is 80.4 cm³/mol. The summed E-state index contributed by atoms with van der Waals surface area (Å²) >= 11 is 0. The summed E-state index contributed by atoms with van der Waals surface area (Å²) in [5, 5.41) is 0. The molecule has 0 bridgehead atoms. The van der Waals surface area contributed by atoms with E-state index in [0.29, 0.717) is 19.6 Å². The maximum Gasteiger partial charge on any atom is 0.309 e. The summed E-state index contributed by atoms with van der Waals surface area (Å²) in [5.41, 5.74) is 1.84. The number of rotatable bonds is 6. The smallest absolute Gasteiger partial charge is 0.309 e. The Morgan fingerprint density at radius 2 is 2.10 bits per heavy atom. The Balaban J connectivity index is 2.02. The molecule has 2 rings (SSSR count).